The molecule has 0 unspecified atom stereocenters. The van der Waals surface area contributed by atoms with E-state index in [1.54, 1.807) is 41.5 Å². The van der Waals surface area contributed by atoms with Crippen molar-refractivity contribution in [3.05, 3.63) is 215 Å². The summed E-state index contributed by atoms with van der Waals surface area (Å²) in [6.45, 7) is 16.8. The quantitative estimate of drug-likeness (QED) is 0.0401. The first-order valence-corrected chi connectivity index (χ1v) is 40.7. The van der Waals surface area contributed by atoms with Crippen molar-refractivity contribution in [1.82, 2.24) is 0 Å². The van der Waals surface area contributed by atoms with Gasteiger partial charge in [0.15, 0.2) is 74.4 Å². The monoisotopic (exact) mass is 1670 g/mol. The lowest BCUT2D eigenvalue weighted by Crippen LogP contribution is -2.69. The third-order valence-corrected chi connectivity index (χ3v) is 21.6. The normalized spacial score (nSPS) is 35.2. The van der Waals surface area contributed by atoms with Crippen LogP contribution in [0.1, 0.15) is 116 Å². The van der Waals surface area contributed by atoms with Crippen LogP contribution in [0.5, 0.6) is 0 Å². The highest BCUT2D eigenvalue weighted by atomic mass is 16.8. The number of ether oxygens (including phenoxy) is 24. The van der Waals surface area contributed by atoms with E-state index < -0.39 is 220 Å². The van der Waals surface area contributed by atoms with Gasteiger partial charge in [0.05, 0.1) is 76.3 Å². The molecule has 16 heterocycles. The van der Waals surface area contributed by atoms with Gasteiger partial charge in [0.25, 0.3) is 0 Å². The molecule has 30 heteroatoms. The van der Waals surface area contributed by atoms with Crippen LogP contribution in [0, 0.1) is 0 Å². The van der Waals surface area contributed by atoms with Crippen LogP contribution in [0.2, 0.25) is 0 Å². The van der Waals surface area contributed by atoms with E-state index in [0.29, 0.717) is 33.4 Å². The largest absolute Gasteiger partial charge is 0.454 e. The zero-order valence-electron chi connectivity index (χ0n) is 69.1. The van der Waals surface area contributed by atoms with Gasteiger partial charge in [0.2, 0.25) is 0 Å². The molecule has 0 saturated carbocycles. The third-order valence-electron chi connectivity index (χ3n) is 21.6. The van der Waals surface area contributed by atoms with E-state index in [1.165, 1.54) is 41.5 Å². The van der Waals surface area contributed by atoms with Crippen molar-refractivity contribution >= 4 is 35.8 Å². The van der Waals surface area contributed by atoms with Gasteiger partial charge in [-0.3, -0.25) is 28.8 Å². The minimum atomic E-state index is -1.59. The van der Waals surface area contributed by atoms with Gasteiger partial charge in [-0.05, 0) is 74.9 Å². The highest BCUT2D eigenvalue weighted by Gasteiger charge is 2.62. The minimum Gasteiger partial charge on any atom is -0.454 e. The van der Waals surface area contributed by atoms with E-state index in [-0.39, 0.29) is 39.6 Å². The summed E-state index contributed by atoms with van der Waals surface area (Å²) < 4.78 is 165. The molecule has 22 rings (SSSR count). The summed E-state index contributed by atoms with van der Waals surface area (Å²) in [6.07, 6.45) is -41.6. The lowest BCUT2D eigenvalue weighted by atomic mass is 9.94. The number of benzene rings is 6. The molecule has 0 aromatic heterocycles. The van der Waals surface area contributed by atoms with Crippen molar-refractivity contribution in [1.29, 1.82) is 0 Å². The average molecular weight is 1670 g/mol. The van der Waals surface area contributed by atoms with E-state index in [2.05, 4.69) is 0 Å². The Labute approximate surface area is 697 Å². The van der Waals surface area contributed by atoms with E-state index in [9.17, 15) is 28.8 Å². The molecule has 12 bridgehead atoms. The van der Waals surface area contributed by atoms with E-state index in [4.69, 9.17) is 114 Å². The molecule has 16 fully saturated rings. The Morgan fingerprint density at radius 3 is 0.442 bits per heavy atom. The van der Waals surface area contributed by atoms with Crippen LogP contribution in [-0.4, -0.2) is 220 Å². The standard InChI is InChI=1S/C90H108O30/c1-49-67-73(97-43-61-31-19-13-20-32-61)79(109-55(7)91)85(103-49)116-68-50(2)105-87(81(111-57(9)93)74(68)98-44-62-33-21-14-22-34-62)118-70-52(4)107-89(83(113-59(11)95)76(70)100-46-64-37-25-16-26-38-64)120-72-54(6)108-90(84(114-60(12)96)78(72)102-48-66-41-29-18-30-42-66)119-71-53(5)106-88(82(112-58(10)94)77(71)101-47-65-39-27-17-28-40-65)117-69-51(3)104-86(115-67)80(110-56(8)92)75(69)99-45-63-35-23-15-24-36-63/h13-42,49-54,67-90H,43-48H2,1-12H3/t49-,50-,51-,52-,53-,54-,67-,68-,69-,70-,71-,72-,73+,74+,75+,76+,77+,78+,79+,80+,81+,82+,83+,84+,85-,86-,87-,88-,89-,90-/m0/s1. The molecule has 16 aliphatic rings. The molecule has 0 N–H and O–H groups in total. The number of hydrogen-bond acceptors (Lipinski definition) is 30. The molecule has 6 aromatic rings. The second kappa shape index (κ2) is 42.0. The summed E-state index contributed by atoms with van der Waals surface area (Å²) in [5.41, 5.74) is 4.22. The van der Waals surface area contributed by atoms with Gasteiger partial charge in [-0.25, -0.2) is 0 Å². The maximum Gasteiger partial charge on any atom is 0.303 e. The van der Waals surface area contributed by atoms with Gasteiger partial charge >= 0.3 is 35.8 Å². The molecule has 16 saturated heterocycles. The SMILES string of the molecule is CC(=O)O[C@H]1[C@@H]2O[C@@H]3[C@@H](OCc4ccccc4)[C@@H](OC(C)=O)[C@H](O[C@@H]4[C@@H](OCc5ccccc5)[C@@H](OC(C)=O)[C@H](O[C@@H]5[C@@H](OCc6ccccc6)[C@@H](OC(C)=O)[C@H](O[C@@H]6[C@@H](OCc7ccccc7)[C@@H](OC(C)=O)[C@H](O[C@@H]7[C@@H](OCc8ccccc8)[C@@H](OC(C)=O)[C@H](O[C@H]([C@H]1OCc1ccccc1)[C@H](C)O2)O[C@H]7C)O[C@H]6C)O[C@H]5C)O[C@H]4C)O[C@H]3C. The summed E-state index contributed by atoms with van der Waals surface area (Å²) in [5, 5.41) is 0. The van der Waals surface area contributed by atoms with Gasteiger partial charge in [-0.1, -0.05) is 182 Å². The average Bonchev–Trinajstić information content (AvgIpc) is 0.759. The Kier molecular flexibility index (Phi) is 31.2. The van der Waals surface area contributed by atoms with Crippen LogP contribution in [-0.2, 0) is 182 Å². The fourth-order valence-electron chi connectivity index (χ4n) is 16.2. The molecule has 6 aromatic carbocycles. The summed E-state index contributed by atoms with van der Waals surface area (Å²) in [4.78, 5) is 83.8. The number of hydrogen-bond donors (Lipinski definition) is 0. The van der Waals surface area contributed by atoms with Gasteiger partial charge in [-0.2, -0.15) is 0 Å². The summed E-state index contributed by atoms with van der Waals surface area (Å²) in [6, 6.07) is 55.2. The van der Waals surface area contributed by atoms with E-state index in [0.717, 1.165) is 0 Å². The summed E-state index contributed by atoms with van der Waals surface area (Å²) in [7, 11) is 0. The number of carbonyl (C=O) groups excluding carboxylic acids is 6. The zero-order chi connectivity index (χ0) is 84.7. The fraction of sp³-hybridized carbons (Fsp3) is 0.533. The van der Waals surface area contributed by atoms with Crippen LogP contribution >= 0.6 is 0 Å². The molecular weight excluding hydrogens is 1560 g/mol. The molecule has 16 aliphatic heterocycles. The van der Waals surface area contributed by atoms with Gasteiger partial charge in [0, 0.05) is 41.5 Å². The Balaban J connectivity index is 0.973. The van der Waals surface area contributed by atoms with Gasteiger partial charge < -0.3 is 114 Å². The second-order valence-electron chi connectivity index (χ2n) is 30.9. The fourth-order valence-corrected chi connectivity index (χ4v) is 16.2. The molecular formula is C90H108O30. The van der Waals surface area contributed by atoms with Gasteiger partial charge in [-0.15, -0.1) is 0 Å². The molecule has 0 spiro atoms. The van der Waals surface area contributed by atoms with Gasteiger partial charge in [0.1, 0.15) is 73.2 Å². The Bertz CT molecular complexity index is 3540. The molecule has 0 radical (unpaired) electrons. The Hall–Kier alpha value is -8.58. The van der Waals surface area contributed by atoms with Crippen molar-refractivity contribution in [3.63, 3.8) is 0 Å². The molecule has 30 nitrogen and oxygen atoms in total. The van der Waals surface area contributed by atoms with Crippen molar-refractivity contribution in [2.45, 2.75) is 307 Å². The predicted molar refractivity (Wildman–Crippen MR) is 419 cm³/mol. The third kappa shape index (κ3) is 22.8. The Morgan fingerprint density at radius 1 is 0.200 bits per heavy atom. The van der Waals surface area contributed by atoms with E-state index >= 15 is 0 Å². The van der Waals surface area contributed by atoms with Crippen LogP contribution in [0.3, 0.4) is 0 Å². The number of esters is 6. The maximum absolute atomic E-state index is 14.0. The summed E-state index contributed by atoms with van der Waals surface area (Å²) >= 11 is 0. The predicted octanol–water partition coefficient (Wildman–Crippen LogP) is 9.88. The Morgan fingerprint density at radius 2 is 0.325 bits per heavy atom. The van der Waals surface area contributed by atoms with Crippen LogP contribution < -0.4 is 0 Å². The van der Waals surface area contributed by atoms with Crippen LogP contribution in [0.25, 0.3) is 0 Å². The highest BCUT2D eigenvalue weighted by molar-refractivity contribution is 5.68. The molecule has 0 amide bonds. The summed E-state index contributed by atoms with van der Waals surface area (Å²) in [5.74, 6) is -4.73. The lowest BCUT2D eigenvalue weighted by molar-refractivity contribution is -0.403. The molecule has 0 aliphatic carbocycles. The van der Waals surface area contributed by atoms with Crippen molar-refractivity contribution < 1.29 is 142 Å². The van der Waals surface area contributed by atoms with Crippen molar-refractivity contribution in [2.75, 3.05) is 0 Å². The highest BCUT2D eigenvalue weighted by Crippen LogP contribution is 2.44. The van der Waals surface area contributed by atoms with Crippen molar-refractivity contribution in [2.24, 2.45) is 0 Å². The number of carbonyl (C=O) groups is 6. The molecule has 30 atom stereocenters. The smallest absolute Gasteiger partial charge is 0.303 e. The maximum atomic E-state index is 14.0. The topological polar surface area (TPSA) is 324 Å². The van der Waals surface area contributed by atoms with Crippen molar-refractivity contribution in [3.8, 4) is 0 Å². The zero-order valence-corrected chi connectivity index (χ0v) is 69.1. The first-order chi connectivity index (χ1) is 57.9. The first-order valence-electron chi connectivity index (χ1n) is 40.7. The number of rotatable bonds is 24. The minimum absolute atomic E-state index is 0.102. The molecule has 648 valence electrons. The first kappa shape index (κ1) is 89.2. The second-order valence-corrected chi connectivity index (χ2v) is 30.9. The van der Waals surface area contributed by atoms with Crippen LogP contribution in [0.4, 0.5) is 0 Å². The van der Waals surface area contributed by atoms with Crippen LogP contribution in [0.15, 0.2) is 182 Å². The lowest BCUT2D eigenvalue weighted by Gasteiger charge is -2.52. The van der Waals surface area contributed by atoms with E-state index in [1.807, 2.05) is 182 Å². The molecule has 120 heavy (non-hydrogen) atoms.